The molecule has 1 N–H and O–H groups in total. The first-order chi connectivity index (χ1) is 14.6. The van der Waals surface area contributed by atoms with Crippen LogP contribution in [0, 0.1) is 17.8 Å². The highest BCUT2D eigenvalue weighted by Gasteiger charge is 2.54. The molecule has 0 heterocycles. The molecule has 0 saturated heterocycles. The SMILES string of the molecule is C/C=C1/C[C@@H](COCc2ccccc2)[C@H]2CC[C@](O)(CCCO[Si](C)(C)C(C)(C)C)[C@@H]12. The van der Waals surface area contributed by atoms with Crippen LogP contribution in [0.2, 0.25) is 18.1 Å². The minimum Gasteiger partial charge on any atom is -0.417 e. The highest BCUT2D eigenvalue weighted by Crippen LogP contribution is 2.56. The molecule has 0 bridgehead atoms. The summed E-state index contributed by atoms with van der Waals surface area (Å²) in [6, 6.07) is 10.4. The van der Waals surface area contributed by atoms with E-state index in [0.717, 1.165) is 45.3 Å². The molecule has 4 heteroatoms. The number of allylic oxidation sites excluding steroid dienone is 1. The molecule has 4 atom stereocenters. The van der Waals surface area contributed by atoms with E-state index in [1.807, 2.05) is 6.07 Å². The van der Waals surface area contributed by atoms with Gasteiger partial charge < -0.3 is 14.3 Å². The summed E-state index contributed by atoms with van der Waals surface area (Å²) in [7, 11) is -1.72. The Balaban J connectivity index is 1.53. The molecule has 0 unspecified atom stereocenters. The van der Waals surface area contributed by atoms with Crippen LogP contribution in [0.5, 0.6) is 0 Å². The summed E-state index contributed by atoms with van der Waals surface area (Å²) in [6.45, 7) is 15.8. The number of aliphatic hydroxyl groups is 1. The molecule has 0 spiro atoms. The van der Waals surface area contributed by atoms with Crippen LogP contribution in [-0.4, -0.2) is 32.2 Å². The first-order valence-electron chi connectivity index (χ1n) is 12.2. The van der Waals surface area contributed by atoms with Crippen molar-refractivity contribution in [2.45, 2.75) is 90.1 Å². The molecule has 0 aromatic heterocycles. The average Bonchev–Trinajstić information content (AvgIpc) is 3.24. The second-order valence-corrected chi connectivity index (χ2v) is 16.1. The van der Waals surface area contributed by atoms with Crippen molar-refractivity contribution in [1.29, 1.82) is 0 Å². The fraction of sp³-hybridized carbons (Fsp3) is 0.704. The van der Waals surface area contributed by atoms with Crippen molar-refractivity contribution in [2.75, 3.05) is 13.2 Å². The predicted molar refractivity (Wildman–Crippen MR) is 132 cm³/mol. The van der Waals surface area contributed by atoms with Gasteiger partial charge in [0, 0.05) is 12.5 Å². The maximum atomic E-state index is 11.6. The van der Waals surface area contributed by atoms with E-state index in [4.69, 9.17) is 9.16 Å². The summed E-state index contributed by atoms with van der Waals surface area (Å²) in [5.74, 6) is 1.38. The molecule has 0 aliphatic heterocycles. The topological polar surface area (TPSA) is 38.7 Å². The molecule has 3 rings (SSSR count). The molecule has 2 aliphatic rings. The lowest BCUT2D eigenvalue weighted by molar-refractivity contribution is -0.00584. The molecular formula is C27H44O3Si. The summed E-state index contributed by atoms with van der Waals surface area (Å²) in [5, 5.41) is 11.9. The highest BCUT2D eigenvalue weighted by atomic mass is 28.4. The first kappa shape index (κ1) is 24.7. The van der Waals surface area contributed by atoms with Crippen LogP contribution in [-0.2, 0) is 15.8 Å². The zero-order valence-corrected chi connectivity index (χ0v) is 21.6. The Morgan fingerprint density at radius 1 is 1.19 bits per heavy atom. The first-order valence-corrected chi connectivity index (χ1v) is 15.1. The van der Waals surface area contributed by atoms with E-state index in [-0.39, 0.29) is 5.04 Å². The fourth-order valence-electron chi connectivity index (χ4n) is 5.43. The van der Waals surface area contributed by atoms with E-state index >= 15 is 0 Å². The Morgan fingerprint density at radius 3 is 2.55 bits per heavy atom. The third kappa shape index (κ3) is 5.71. The van der Waals surface area contributed by atoms with Crippen LogP contribution < -0.4 is 0 Å². The van der Waals surface area contributed by atoms with Crippen LogP contribution in [0.25, 0.3) is 0 Å². The summed E-state index contributed by atoms with van der Waals surface area (Å²) >= 11 is 0. The molecule has 174 valence electrons. The fourth-order valence-corrected chi connectivity index (χ4v) is 6.52. The van der Waals surface area contributed by atoms with Gasteiger partial charge in [-0.05, 0) is 74.6 Å². The summed E-state index contributed by atoms with van der Waals surface area (Å²) in [4.78, 5) is 0. The number of hydrogen-bond acceptors (Lipinski definition) is 3. The Bertz CT molecular complexity index is 737. The van der Waals surface area contributed by atoms with Gasteiger partial charge in [0.05, 0.1) is 18.8 Å². The molecule has 0 radical (unpaired) electrons. The van der Waals surface area contributed by atoms with Crippen molar-refractivity contribution in [1.82, 2.24) is 0 Å². The van der Waals surface area contributed by atoms with E-state index in [0.29, 0.717) is 24.4 Å². The molecule has 0 amide bonds. The lowest BCUT2D eigenvalue weighted by Gasteiger charge is -2.37. The third-order valence-electron chi connectivity index (χ3n) is 8.26. The normalized spacial score (nSPS) is 30.2. The van der Waals surface area contributed by atoms with E-state index in [9.17, 15) is 5.11 Å². The van der Waals surface area contributed by atoms with Gasteiger partial charge in [-0.1, -0.05) is 62.8 Å². The van der Waals surface area contributed by atoms with Crippen molar-refractivity contribution < 1.29 is 14.3 Å². The van der Waals surface area contributed by atoms with Gasteiger partial charge in [0.1, 0.15) is 0 Å². The number of hydrogen-bond donors (Lipinski definition) is 1. The summed E-state index contributed by atoms with van der Waals surface area (Å²) in [5.41, 5.74) is 2.11. The number of fused-ring (bicyclic) bond motifs is 1. The van der Waals surface area contributed by atoms with Gasteiger partial charge in [-0.3, -0.25) is 0 Å². The second kappa shape index (κ2) is 9.90. The van der Waals surface area contributed by atoms with E-state index in [1.165, 1.54) is 11.1 Å². The standard InChI is InChI=1S/C27H44O3Si/c1-7-22-18-23(20-29-19-21-12-9-8-10-13-21)24-14-16-27(28,25(22)24)15-11-17-30-31(5,6)26(2,3)4/h7-10,12-13,23-25,28H,11,14-20H2,1-6H3/b22-7-/t23-,24+,25-,27+/m0/s1. The van der Waals surface area contributed by atoms with Gasteiger partial charge in [0.2, 0.25) is 0 Å². The van der Waals surface area contributed by atoms with E-state index in [2.05, 4.69) is 71.1 Å². The maximum Gasteiger partial charge on any atom is 0.191 e. The quantitative estimate of drug-likeness (QED) is 0.261. The maximum absolute atomic E-state index is 11.6. The van der Waals surface area contributed by atoms with Crippen molar-refractivity contribution in [2.24, 2.45) is 17.8 Å². The number of ether oxygens (including phenoxy) is 1. The van der Waals surface area contributed by atoms with Crippen LogP contribution in [0.3, 0.4) is 0 Å². The monoisotopic (exact) mass is 444 g/mol. The van der Waals surface area contributed by atoms with Gasteiger partial charge >= 0.3 is 0 Å². The number of rotatable bonds is 9. The Kier molecular flexibility index (Phi) is 7.89. The zero-order valence-electron chi connectivity index (χ0n) is 20.6. The minimum absolute atomic E-state index is 0.235. The largest absolute Gasteiger partial charge is 0.417 e. The third-order valence-corrected chi connectivity index (χ3v) is 12.8. The molecule has 3 nitrogen and oxygen atoms in total. The number of benzene rings is 1. The smallest absolute Gasteiger partial charge is 0.191 e. The average molecular weight is 445 g/mol. The molecule has 31 heavy (non-hydrogen) atoms. The lowest BCUT2D eigenvalue weighted by Crippen LogP contribution is -2.41. The van der Waals surface area contributed by atoms with Crippen LogP contribution in [0.1, 0.15) is 65.4 Å². The summed E-state index contributed by atoms with van der Waals surface area (Å²) < 4.78 is 12.5. The van der Waals surface area contributed by atoms with E-state index in [1.54, 1.807) is 0 Å². The minimum atomic E-state index is -1.72. The molecule has 2 saturated carbocycles. The lowest BCUT2D eigenvalue weighted by atomic mass is 9.81. The van der Waals surface area contributed by atoms with Gasteiger partial charge in [0.25, 0.3) is 0 Å². The molecule has 1 aromatic rings. The van der Waals surface area contributed by atoms with Crippen molar-refractivity contribution in [3.05, 3.63) is 47.5 Å². The Morgan fingerprint density at radius 2 is 1.90 bits per heavy atom. The van der Waals surface area contributed by atoms with Crippen molar-refractivity contribution >= 4 is 8.32 Å². The van der Waals surface area contributed by atoms with Gasteiger partial charge in [0.15, 0.2) is 8.32 Å². The van der Waals surface area contributed by atoms with Gasteiger partial charge in [-0.15, -0.1) is 0 Å². The van der Waals surface area contributed by atoms with Gasteiger partial charge in [-0.2, -0.15) is 0 Å². The molecule has 2 aliphatic carbocycles. The molecule has 1 aromatic carbocycles. The second-order valence-electron chi connectivity index (χ2n) is 11.3. The van der Waals surface area contributed by atoms with E-state index < -0.39 is 13.9 Å². The van der Waals surface area contributed by atoms with Crippen LogP contribution >= 0.6 is 0 Å². The molecule has 2 fully saturated rings. The van der Waals surface area contributed by atoms with Crippen molar-refractivity contribution in [3.8, 4) is 0 Å². The van der Waals surface area contributed by atoms with Gasteiger partial charge in [-0.25, -0.2) is 0 Å². The highest BCUT2D eigenvalue weighted by molar-refractivity contribution is 6.74. The Hall–Kier alpha value is -0.943. The van der Waals surface area contributed by atoms with Crippen LogP contribution in [0.15, 0.2) is 42.0 Å². The van der Waals surface area contributed by atoms with Crippen molar-refractivity contribution in [3.63, 3.8) is 0 Å². The zero-order chi connectivity index (χ0) is 22.7. The Labute approximate surface area is 191 Å². The predicted octanol–water partition coefficient (Wildman–Crippen LogP) is 6.73. The molecular weight excluding hydrogens is 400 g/mol. The van der Waals surface area contributed by atoms with Crippen LogP contribution in [0.4, 0.5) is 0 Å². The summed E-state index contributed by atoms with van der Waals surface area (Å²) in [6.07, 6.45) is 7.15.